The summed E-state index contributed by atoms with van der Waals surface area (Å²) in [4.78, 5) is 2.35. The van der Waals surface area contributed by atoms with Crippen LogP contribution in [0.4, 0.5) is 0 Å². The summed E-state index contributed by atoms with van der Waals surface area (Å²) >= 11 is 1.99. The molecule has 0 bridgehead atoms. The fraction of sp³-hybridized carbons (Fsp3) is 0.600. The Morgan fingerprint density at radius 1 is 1.42 bits per heavy atom. The van der Waals surface area contributed by atoms with Gasteiger partial charge in [-0.25, -0.2) is 0 Å². The van der Waals surface area contributed by atoms with E-state index in [0.29, 0.717) is 19.3 Å². The molecule has 0 aliphatic carbocycles. The number of ether oxygens (including phenoxy) is 1. The van der Waals surface area contributed by atoms with Crippen molar-refractivity contribution in [3.8, 4) is 0 Å². The van der Waals surface area contributed by atoms with E-state index in [9.17, 15) is 5.11 Å². The molecule has 0 aromatic heterocycles. The molecular formula is C15H23NO2S. The summed E-state index contributed by atoms with van der Waals surface area (Å²) in [5.74, 6) is 2.33. The molecule has 0 saturated carbocycles. The van der Waals surface area contributed by atoms with Crippen LogP contribution in [-0.2, 0) is 11.3 Å². The van der Waals surface area contributed by atoms with Crippen LogP contribution in [0.1, 0.15) is 12.5 Å². The summed E-state index contributed by atoms with van der Waals surface area (Å²) in [6.45, 7) is 5.00. The van der Waals surface area contributed by atoms with Gasteiger partial charge in [-0.1, -0.05) is 30.3 Å². The average Bonchev–Trinajstić information content (AvgIpc) is 2.43. The van der Waals surface area contributed by atoms with E-state index in [1.807, 2.05) is 42.1 Å². The zero-order valence-electron chi connectivity index (χ0n) is 11.5. The van der Waals surface area contributed by atoms with E-state index in [4.69, 9.17) is 4.74 Å². The van der Waals surface area contributed by atoms with Crippen molar-refractivity contribution in [2.45, 2.75) is 25.7 Å². The Morgan fingerprint density at radius 2 is 2.21 bits per heavy atom. The monoisotopic (exact) mass is 281 g/mol. The lowest BCUT2D eigenvalue weighted by Gasteiger charge is -2.34. The lowest BCUT2D eigenvalue weighted by atomic mass is 10.2. The molecule has 1 aromatic rings. The first kappa shape index (κ1) is 14.9. The maximum absolute atomic E-state index is 10.0. The van der Waals surface area contributed by atoms with Crippen LogP contribution in [-0.4, -0.2) is 53.4 Å². The van der Waals surface area contributed by atoms with Crippen LogP contribution in [0, 0.1) is 0 Å². The van der Waals surface area contributed by atoms with E-state index in [1.165, 1.54) is 5.75 Å². The molecule has 0 radical (unpaired) electrons. The Labute approximate surface area is 120 Å². The number of benzene rings is 1. The predicted octanol–water partition coefficient (Wildman–Crippen LogP) is 2.00. The molecule has 1 aromatic carbocycles. The molecule has 19 heavy (non-hydrogen) atoms. The molecule has 0 amide bonds. The molecule has 4 heteroatoms. The maximum Gasteiger partial charge on any atom is 0.0900 e. The molecule has 2 unspecified atom stereocenters. The van der Waals surface area contributed by atoms with E-state index in [-0.39, 0.29) is 0 Å². The number of thioether (sulfide) groups is 1. The number of β-amino-alcohol motifs (C(OH)–C–C–N with tert-alkyl or cyclic N) is 1. The van der Waals surface area contributed by atoms with Crippen LogP contribution in [0.25, 0.3) is 0 Å². The van der Waals surface area contributed by atoms with Crippen molar-refractivity contribution in [1.82, 2.24) is 4.90 Å². The van der Waals surface area contributed by atoms with Crippen molar-refractivity contribution in [1.29, 1.82) is 0 Å². The van der Waals surface area contributed by atoms with E-state index in [2.05, 4.69) is 11.8 Å². The molecule has 1 aliphatic rings. The minimum Gasteiger partial charge on any atom is -0.389 e. The highest BCUT2D eigenvalue weighted by Crippen LogP contribution is 2.16. The van der Waals surface area contributed by atoms with Crippen molar-refractivity contribution in [2.24, 2.45) is 0 Å². The highest BCUT2D eigenvalue weighted by atomic mass is 32.2. The summed E-state index contributed by atoms with van der Waals surface area (Å²) in [5, 5.41) is 10.0. The third-order valence-electron chi connectivity index (χ3n) is 3.37. The van der Waals surface area contributed by atoms with Crippen LogP contribution in [0.2, 0.25) is 0 Å². The van der Waals surface area contributed by atoms with Gasteiger partial charge in [0.15, 0.2) is 0 Å². The first-order valence-electron chi connectivity index (χ1n) is 6.87. The summed E-state index contributed by atoms with van der Waals surface area (Å²) in [5.41, 5.74) is 1.15. The molecular weight excluding hydrogens is 258 g/mol. The van der Waals surface area contributed by atoms with Crippen molar-refractivity contribution >= 4 is 11.8 Å². The molecule has 1 fully saturated rings. The molecule has 2 rings (SSSR count). The first-order chi connectivity index (χ1) is 9.25. The Morgan fingerprint density at radius 3 is 2.95 bits per heavy atom. The second kappa shape index (κ2) is 7.90. The molecule has 1 heterocycles. The van der Waals surface area contributed by atoms with E-state index in [1.54, 1.807) is 0 Å². The average molecular weight is 281 g/mol. The Kier molecular flexibility index (Phi) is 6.17. The van der Waals surface area contributed by atoms with Crippen molar-refractivity contribution in [3.63, 3.8) is 0 Å². The maximum atomic E-state index is 10.0. The smallest absolute Gasteiger partial charge is 0.0900 e. The molecule has 0 spiro atoms. The van der Waals surface area contributed by atoms with Crippen LogP contribution >= 0.6 is 11.8 Å². The van der Waals surface area contributed by atoms with Gasteiger partial charge < -0.3 is 9.84 Å². The van der Waals surface area contributed by atoms with Gasteiger partial charge in [-0.15, -0.1) is 0 Å². The summed E-state index contributed by atoms with van der Waals surface area (Å²) in [7, 11) is 0. The van der Waals surface area contributed by atoms with Gasteiger partial charge in [-0.2, -0.15) is 11.8 Å². The van der Waals surface area contributed by atoms with Gasteiger partial charge in [0.1, 0.15) is 0 Å². The largest absolute Gasteiger partial charge is 0.389 e. The quantitative estimate of drug-likeness (QED) is 0.864. The summed E-state index contributed by atoms with van der Waals surface area (Å²) < 4.78 is 5.58. The second-order valence-electron chi connectivity index (χ2n) is 5.07. The van der Waals surface area contributed by atoms with E-state index >= 15 is 0 Å². The van der Waals surface area contributed by atoms with Gasteiger partial charge in [0, 0.05) is 30.6 Å². The molecule has 2 atom stereocenters. The Bertz CT molecular complexity index is 360. The predicted molar refractivity (Wildman–Crippen MR) is 80.5 cm³/mol. The fourth-order valence-electron chi connectivity index (χ4n) is 2.24. The highest BCUT2D eigenvalue weighted by molar-refractivity contribution is 7.99. The van der Waals surface area contributed by atoms with Crippen LogP contribution in [0.15, 0.2) is 30.3 Å². The summed E-state index contributed by atoms with van der Waals surface area (Å²) in [6, 6.07) is 10.6. The van der Waals surface area contributed by atoms with Gasteiger partial charge in [0.2, 0.25) is 0 Å². The topological polar surface area (TPSA) is 32.7 Å². The minimum absolute atomic E-state index is 0.394. The molecule has 106 valence electrons. The number of nitrogens with zero attached hydrogens (tertiary/aromatic N) is 1. The number of aliphatic hydroxyl groups excluding tert-OH is 1. The standard InChI is InChI=1S/C15H23NO2S/c1-13-12-19-8-7-16(13)9-15(17)11-18-10-14-5-3-2-4-6-14/h2-6,13,15,17H,7-12H2,1H3. The number of aliphatic hydroxyl groups is 1. The van der Waals surface area contributed by atoms with E-state index in [0.717, 1.165) is 24.4 Å². The third-order valence-corrected chi connectivity index (χ3v) is 4.56. The lowest BCUT2D eigenvalue weighted by Crippen LogP contribution is -2.45. The fourth-order valence-corrected chi connectivity index (χ4v) is 3.33. The molecule has 1 N–H and O–H groups in total. The lowest BCUT2D eigenvalue weighted by molar-refractivity contribution is 0.00580. The zero-order valence-corrected chi connectivity index (χ0v) is 12.3. The summed E-state index contributed by atoms with van der Waals surface area (Å²) in [6.07, 6.45) is -0.394. The normalized spacial score (nSPS) is 22.3. The molecule has 1 aliphatic heterocycles. The van der Waals surface area contributed by atoms with Gasteiger partial charge in [0.05, 0.1) is 19.3 Å². The molecule has 3 nitrogen and oxygen atoms in total. The minimum atomic E-state index is -0.394. The van der Waals surface area contributed by atoms with Crippen molar-refractivity contribution in [3.05, 3.63) is 35.9 Å². The van der Waals surface area contributed by atoms with Gasteiger partial charge in [-0.05, 0) is 12.5 Å². The van der Waals surface area contributed by atoms with E-state index < -0.39 is 6.10 Å². The number of hydrogen-bond acceptors (Lipinski definition) is 4. The van der Waals surface area contributed by atoms with Crippen molar-refractivity contribution in [2.75, 3.05) is 31.2 Å². The van der Waals surface area contributed by atoms with Crippen LogP contribution < -0.4 is 0 Å². The second-order valence-corrected chi connectivity index (χ2v) is 6.22. The van der Waals surface area contributed by atoms with Crippen molar-refractivity contribution < 1.29 is 9.84 Å². The zero-order chi connectivity index (χ0) is 13.5. The SMILES string of the molecule is CC1CSCCN1CC(O)COCc1ccccc1. The molecule has 1 saturated heterocycles. The first-order valence-corrected chi connectivity index (χ1v) is 8.02. The van der Waals surface area contributed by atoms with Crippen LogP contribution in [0.5, 0.6) is 0 Å². The third kappa shape index (κ3) is 5.15. The van der Waals surface area contributed by atoms with Gasteiger partial charge in [0.25, 0.3) is 0 Å². The Balaban J connectivity index is 1.65. The van der Waals surface area contributed by atoms with Crippen LogP contribution in [0.3, 0.4) is 0 Å². The highest BCUT2D eigenvalue weighted by Gasteiger charge is 2.20. The Hall–Kier alpha value is -0.550. The number of hydrogen-bond donors (Lipinski definition) is 1. The van der Waals surface area contributed by atoms with Gasteiger partial charge >= 0.3 is 0 Å². The number of rotatable bonds is 6. The van der Waals surface area contributed by atoms with Gasteiger partial charge in [-0.3, -0.25) is 4.90 Å².